The molecule has 3 heterocycles. The molecule has 4 rings (SSSR count). The minimum Gasteiger partial charge on any atom is -0.366 e. The average Bonchev–Trinajstić information content (AvgIpc) is 3.14. The van der Waals surface area contributed by atoms with Crippen LogP contribution in [0.15, 0.2) is 18.2 Å². The fourth-order valence-electron chi connectivity index (χ4n) is 4.31. The number of alkyl halides is 2. The van der Waals surface area contributed by atoms with E-state index >= 15 is 0 Å². The van der Waals surface area contributed by atoms with Gasteiger partial charge in [-0.2, -0.15) is 0 Å². The molecule has 32 heavy (non-hydrogen) atoms. The number of hydrogen-bond acceptors (Lipinski definition) is 6. The first-order chi connectivity index (χ1) is 15.1. The molecule has 1 amide bonds. The SMILES string of the molecule is COC1(C(=O)N2Cc3nc(Cl)nc(N[C@H](C)c4cccc(C(F)F)c4F)c3C2)CN(C)C1. The van der Waals surface area contributed by atoms with Gasteiger partial charge in [0.05, 0.1) is 30.4 Å². The van der Waals surface area contributed by atoms with E-state index < -0.39 is 29.4 Å². The Morgan fingerprint density at radius 2 is 1.94 bits per heavy atom. The first-order valence-corrected chi connectivity index (χ1v) is 10.4. The number of amides is 1. The molecule has 1 N–H and O–H groups in total. The molecule has 0 saturated carbocycles. The third kappa shape index (κ3) is 3.91. The van der Waals surface area contributed by atoms with E-state index in [0.717, 1.165) is 6.07 Å². The third-order valence-electron chi connectivity index (χ3n) is 5.99. The summed E-state index contributed by atoms with van der Waals surface area (Å²) in [5.41, 5.74) is -0.247. The second-order valence-electron chi connectivity index (χ2n) is 8.22. The lowest BCUT2D eigenvalue weighted by Crippen LogP contribution is -2.68. The Balaban J connectivity index is 1.58. The summed E-state index contributed by atoms with van der Waals surface area (Å²) < 4.78 is 46.3. The van der Waals surface area contributed by atoms with Gasteiger partial charge in [0.25, 0.3) is 12.3 Å². The first-order valence-electron chi connectivity index (χ1n) is 10.1. The molecule has 11 heteroatoms. The van der Waals surface area contributed by atoms with Crippen LogP contribution in [-0.4, -0.2) is 58.5 Å². The predicted molar refractivity (Wildman–Crippen MR) is 112 cm³/mol. The minimum absolute atomic E-state index is 0.0283. The number of fused-ring (bicyclic) bond motifs is 1. The van der Waals surface area contributed by atoms with Gasteiger partial charge >= 0.3 is 0 Å². The minimum atomic E-state index is -2.92. The largest absolute Gasteiger partial charge is 0.366 e. The summed E-state index contributed by atoms with van der Waals surface area (Å²) in [6.07, 6.45) is -2.92. The molecule has 1 saturated heterocycles. The van der Waals surface area contributed by atoms with Crippen molar-refractivity contribution < 1.29 is 22.7 Å². The number of rotatable bonds is 6. The molecule has 7 nitrogen and oxygen atoms in total. The van der Waals surface area contributed by atoms with Gasteiger partial charge in [0.1, 0.15) is 11.6 Å². The number of methoxy groups -OCH3 is 1. The van der Waals surface area contributed by atoms with Crippen LogP contribution in [0, 0.1) is 5.82 Å². The fourth-order valence-corrected chi connectivity index (χ4v) is 4.49. The van der Waals surface area contributed by atoms with Gasteiger partial charge in [0.15, 0.2) is 5.60 Å². The highest BCUT2D eigenvalue weighted by Crippen LogP contribution is 2.35. The van der Waals surface area contributed by atoms with Gasteiger partial charge in [-0.05, 0) is 25.6 Å². The Labute approximate surface area is 188 Å². The second-order valence-corrected chi connectivity index (χ2v) is 8.55. The van der Waals surface area contributed by atoms with Gasteiger partial charge in [-0.25, -0.2) is 23.1 Å². The maximum atomic E-state index is 14.6. The Bertz CT molecular complexity index is 1050. The summed E-state index contributed by atoms with van der Waals surface area (Å²) in [5, 5.41) is 3.03. The zero-order chi connectivity index (χ0) is 23.2. The lowest BCUT2D eigenvalue weighted by Gasteiger charge is -2.47. The van der Waals surface area contributed by atoms with Crippen LogP contribution < -0.4 is 5.32 Å². The molecule has 2 aliphatic rings. The van der Waals surface area contributed by atoms with Crippen molar-refractivity contribution in [1.82, 2.24) is 19.8 Å². The smallest absolute Gasteiger partial charge is 0.266 e. The number of ether oxygens (including phenoxy) is 1. The van der Waals surface area contributed by atoms with Crippen LogP contribution in [0.4, 0.5) is 19.0 Å². The van der Waals surface area contributed by atoms with Crippen molar-refractivity contribution in [3.63, 3.8) is 0 Å². The molecule has 0 aliphatic carbocycles. The summed E-state index contributed by atoms with van der Waals surface area (Å²) >= 11 is 6.09. The highest BCUT2D eigenvalue weighted by atomic mass is 35.5. The normalized spacial score (nSPS) is 18.4. The second kappa shape index (κ2) is 8.49. The van der Waals surface area contributed by atoms with Gasteiger partial charge in [0.2, 0.25) is 5.28 Å². The summed E-state index contributed by atoms with van der Waals surface area (Å²) in [6.45, 7) is 3.09. The van der Waals surface area contributed by atoms with Crippen LogP contribution in [0.25, 0.3) is 0 Å². The molecule has 1 aromatic heterocycles. The highest BCUT2D eigenvalue weighted by molar-refractivity contribution is 6.28. The lowest BCUT2D eigenvalue weighted by molar-refractivity contribution is -0.176. The number of nitrogens with zero attached hydrogens (tertiary/aromatic N) is 4. The van der Waals surface area contributed by atoms with E-state index in [4.69, 9.17) is 16.3 Å². The standard InChI is InChI=1S/C21H23ClF3N5O2/c1-11(12-5-4-6-13(16(12)23)17(24)25)26-18-14-7-30(8-15(14)27-20(22)28-18)19(31)21(32-3)9-29(2)10-21/h4-6,11,17H,7-10H2,1-3H3,(H,26,27,28)/t11-/m1/s1. The van der Waals surface area contributed by atoms with E-state index in [1.165, 1.54) is 19.2 Å². The number of hydrogen-bond donors (Lipinski definition) is 1. The third-order valence-corrected chi connectivity index (χ3v) is 6.16. The Morgan fingerprint density at radius 1 is 1.25 bits per heavy atom. The number of nitrogens with one attached hydrogen (secondary N) is 1. The van der Waals surface area contributed by atoms with Crippen molar-refractivity contribution >= 4 is 23.3 Å². The molecule has 1 aromatic carbocycles. The molecule has 0 radical (unpaired) electrons. The van der Waals surface area contributed by atoms with Crippen molar-refractivity contribution in [2.45, 2.75) is 38.1 Å². The topological polar surface area (TPSA) is 70.6 Å². The number of likely N-dealkylation sites (tertiary alicyclic amines) is 1. The molecule has 0 unspecified atom stereocenters. The number of benzene rings is 1. The molecule has 1 fully saturated rings. The predicted octanol–water partition coefficient (Wildman–Crippen LogP) is 3.55. The summed E-state index contributed by atoms with van der Waals surface area (Å²) in [5.74, 6) is -0.781. The molecule has 2 aliphatic heterocycles. The Morgan fingerprint density at radius 3 is 2.56 bits per heavy atom. The van der Waals surface area contributed by atoms with Crippen molar-refractivity contribution in [2.24, 2.45) is 0 Å². The van der Waals surface area contributed by atoms with Crippen LogP contribution in [0.3, 0.4) is 0 Å². The zero-order valence-electron chi connectivity index (χ0n) is 17.8. The summed E-state index contributed by atoms with van der Waals surface area (Å²) in [4.78, 5) is 25.2. The lowest BCUT2D eigenvalue weighted by atomic mass is 9.93. The van der Waals surface area contributed by atoms with Crippen LogP contribution in [0.1, 0.15) is 41.8 Å². The van der Waals surface area contributed by atoms with Gasteiger partial charge in [-0.1, -0.05) is 18.2 Å². The number of carbonyl (C=O) groups is 1. The molecule has 0 bridgehead atoms. The zero-order valence-corrected chi connectivity index (χ0v) is 18.6. The maximum Gasteiger partial charge on any atom is 0.266 e. The van der Waals surface area contributed by atoms with E-state index in [1.807, 2.05) is 11.9 Å². The molecular formula is C21H23ClF3N5O2. The summed E-state index contributed by atoms with van der Waals surface area (Å²) in [6, 6.07) is 3.20. The summed E-state index contributed by atoms with van der Waals surface area (Å²) in [7, 11) is 3.42. The van der Waals surface area contributed by atoms with Crippen LogP contribution >= 0.6 is 11.6 Å². The molecule has 172 valence electrons. The number of anilines is 1. The van der Waals surface area contributed by atoms with Gasteiger partial charge in [-0.15, -0.1) is 0 Å². The van der Waals surface area contributed by atoms with Crippen molar-refractivity contribution in [2.75, 3.05) is 32.6 Å². The first kappa shape index (κ1) is 22.8. The number of aromatic nitrogens is 2. The number of carbonyl (C=O) groups excluding carboxylic acids is 1. The quantitative estimate of drug-likeness (QED) is 0.652. The van der Waals surface area contributed by atoms with Crippen molar-refractivity contribution in [3.8, 4) is 0 Å². The van der Waals surface area contributed by atoms with Crippen molar-refractivity contribution in [3.05, 3.63) is 51.7 Å². The molecular weight excluding hydrogens is 447 g/mol. The highest BCUT2D eigenvalue weighted by Gasteiger charge is 2.51. The van der Waals surface area contributed by atoms with Gasteiger partial charge in [-0.3, -0.25) is 9.69 Å². The van der Waals surface area contributed by atoms with Gasteiger partial charge in [0, 0.05) is 31.3 Å². The van der Waals surface area contributed by atoms with Gasteiger partial charge < -0.3 is 15.0 Å². The van der Waals surface area contributed by atoms with E-state index in [0.29, 0.717) is 30.2 Å². The average molecular weight is 470 g/mol. The van der Waals surface area contributed by atoms with E-state index in [1.54, 1.807) is 11.8 Å². The van der Waals surface area contributed by atoms with Crippen LogP contribution in [0.2, 0.25) is 5.28 Å². The monoisotopic (exact) mass is 469 g/mol. The van der Waals surface area contributed by atoms with E-state index in [9.17, 15) is 18.0 Å². The number of halogens is 4. The Hall–Kier alpha value is -2.43. The number of likely N-dealkylation sites (N-methyl/N-ethyl adjacent to an activating group) is 1. The Kier molecular flexibility index (Phi) is 6.04. The fraction of sp³-hybridized carbons (Fsp3) is 0.476. The maximum absolute atomic E-state index is 14.6. The molecule has 0 spiro atoms. The van der Waals surface area contributed by atoms with E-state index in [2.05, 4.69) is 15.3 Å². The van der Waals surface area contributed by atoms with Crippen LogP contribution in [0.5, 0.6) is 0 Å². The van der Waals surface area contributed by atoms with Crippen LogP contribution in [-0.2, 0) is 22.6 Å². The molecule has 2 aromatic rings. The van der Waals surface area contributed by atoms with E-state index in [-0.39, 0.29) is 29.8 Å². The van der Waals surface area contributed by atoms with Crippen molar-refractivity contribution in [1.29, 1.82) is 0 Å². The molecule has 1 atom stereocenters.